The SMILES string of the molecule is CCOc1ccc(Br)cc1S(=O)(=O)Nc1ccccc1C(N)=O. The van der Waals surface area contributed by atoms with Crippen molar-refractivity contribution in [2.45, 2.75) is 11.8 Å². The van der Waals surface area contributed by atoms with Gasteiger partial charge in [-0.2, -0.15) is 0 Å². The van der Waals surface area contributed by atoms with Crippen LogP contribution in [0.3, 0.4) is 0 Å². The molecule has 0 aliphatic heterocycles. The molecule has 0 atom stereocenters. The summed E-state index contributed by atoms with van der Waals surface area (Å²) in [5, 5.41) is 0. The van der Waals surface area contributed by atoms with E-state index in [1.54, 1.807) is 31.2 Å². The lowest BCUT2D eigenvalue weighted by Gasteiger charge is -2.14. The van der Waals surface area contributed by atoms with Gasteiger partial charge in [-0.1, -0.05) is 28.1 Å². The molecule has 2 aromatic carbocycles. The number of rotatable bonds is 6. The summed E-state index contributed by atoms with van der Waals surface area (Å²) >= 11 is 3.24. The maximum absolute atomic E-state index is 12.7. The number of nitrogens with one attached hydrogen (secondary N) is 1. The molecule has 2 aromatic rings. The molecule has 2 rings (SSSR count). The van der Waals surface area contributed by atoms with Gasteiger partial charge in [0.15, 0.2) is 0 Å². The van der Waals surface area contributed by atoms with Gasteiger partial charge in [-0.15, -0.1) is 0 Å². The predicted octanol–water partition coefficient (Wildman–Crippen LogP) is 2.75. The summed E-state index contributed by atoms with van der Waals surface area (Å²) < 4.78 is 33.7. The number of primary amides is 1. The van der Waals surface area contributed by atoms with Crippen LogP contribution in [0.15, 0.2) is 51.8 Å². The van der Waals surface area contributed by atoms with Crippen LogP contribution in [0.4, 0.5) is 5.69 Å². The second-order valence-corrected chi connectivity index (χ2v) is 7.11. The molecular formula is C15H15BrN2O4S. The van der Waals surface area contributed by atoms with Crippen LogP contribution in [0, 0.1) is 0 Å². The molecule has 1 amide bonds. The Labute approximate surface area is 142 Å². The van der Waals surface area contributed by atoms with E-state index in [1.165, 1.54) is 18.2 Å². The first-order valence-electron chi connectivity index (χ1n) is 6.69. The molecule has 0 aromatic heterocycles. The molecule has 0 fully saturated rings. The first kappa shape index (κ1) is 17.3. The van der Waals surface area contributed by atoms with Crippen LogP contribution in [-0.4, -0.2) is 20.9 Å². The first-order valence-corrected chi connectivity index (χ1v) is 8.96. The van der Waals surface area contributed by atoms with Gasteiger partial charge in [0.2, 0.25) is 0 Å². The summed E-state index contributed by atoms with van der Waals surface area (Å²) in [5.74, 6) is -0.498. The van der Waals surface area contributed by atoms with Gasteiger partial charge in [0.25, 0.3) is 15.9 Å². The van der Waals surface area contributed by atoms with Gasteiger partial charge in [-0.3, -0.25) is 9.52 Å². The number of halogens is 1. The van der Waals surface area contributed by atoms with Crippen LogP contribution in [0.2, 0.25) is 0 Å². The van der Waals surface area contributed by atoms with Crippen molar-refractivity contribution in [3.63, 3.8) is 0 Å². The fraction of sp³-hybridized carbons (Fsp3) is 0.133. The molecule has 8 heteroatoms. The summed E-state index contributed by atoms with van der Waals surface area (Å²) in [5.41, 5.74) is 5.47. The average molecular weight is 399 g/mol. The smallest absolute Gasteiger partial charge is 0.265 e. The molecule has 0 unspecified atom stereocenters. The van der Waals surface area contributed by atoms with Crippen LogP contribution < -0.4 is 15.2 Å². The second-order valence-electron chi connectivity index (χ2n) is 4.54. The summed E-state index contributed by atoms with van der Waals surface area (Å²) in [7, 11) is -3.96. The number of sulfonamides is 1. The summed E-state index contributed by atoms with van der Waals surface area (Å²) in [6.07, 6.45) is 0. The largest absolute Gasteiger partial charge is 0.492 e. The number of benzene rings is 2. The second kappa shape index (κ2) is 7.01. The molecule has 0 aliphatic carbocycles. The Kier molecular flexibility index (Phi) is 5.27. The number of para-hydroxylation sites is 1. The number of nitrogens with two attached hydrogens (primary N) is 1. The fourth-order valence-electron chi connectivity index (χ4n) is 1.95. The molecule has 122 valence electrons. The molecule has 0 saturated heterocycles. The maximum atomic E-state index is 12.7. The minimum Gasteiger partial charge on any atom is -0.492 e. The lowest BCUT2D eigenvalue weighted by atomic mass is 10.2. The van der Waals surface area contributed by atoms with Gasteiger partial charge in [-0.05, 0) is 37.3 Å². The molecular weight excluding hydrogens is 384 g/mol. The zero-order valence-electron chi connectivity index (χ0n) is 12.2. The maximum Gasteiger partial charge on any atom is 0.265 e. The number of carbonyl (C=O) groups is 1. The number of anilines is 1. The van der Waals surface area contributed by atoms with Crippen molar-refractivity contribution in [3.05, 3.63) is 52.5 Å². The van der Waals surface area contributed by atoms with E-state index in [0.717, 1.165) is 0 Å². The number of amides is 1. The third-order valence-corrected chi connectivity index (χ3v) is 4.81. The summed E-state index contributed by atoms with van der Waals surface area (Å²) in [6, 6.07) is 10.8. The Hall–Kier alpha value is -2.06. The minimum absolute atomic E-state index is 0.0343. The molecule has 23 heavy (non-hydrogen) atoms. The highest BCUT2D eigenvalue weighted by Crippen LogP contribution is 2.29. The highest BCUT2D eigenvalue weighted by atomic mass is 79.9. The average Bonchev–Trinajstić information content (AvgIpc) is 2.49. The first-order chi connectivity index (χ1) is 10.8. The van der Waals surface area contributed by atoms with Crippen molar-refractivity contribution in [1.29, 1.82) is 0 Å². The van der Waals surface area contributed by atoms with Crippen LogP contribution in [0.1, 0.15) is 17.3 Å². The fourth-order valence-corrected chi connectivity index (χ4v) is 3.72. The van der Waals surface area contributed by atoms with Gasteiger partial charge < -0.3 is 10.5 Å². The molecule has 0 bridgehead atoms. The molecule has 6 nitrogen and oxygen atoms in total. The standard InChI is InChI=1S/C15H15BrN2O4S/c1-2-22-13-8-7-10(16)9-14(13)23(20,21)18-12-6-4-3-5-11(12)15(17)19/h3-9,18H,2H2,1H3,(H2,17,19). The number of ether oxygens (including phenoxy) is 1. The van der Waals surface area contributed by atoms with Crippen LogP contribution in [0.5, 0.6) is 5.75 Å². The van der Waals surface area contributed by atoms with E-state index >= 15 is 0 Å². The van der Waals surface area contributed by atoms with E-state index in [2.05, 4.69) is 20.7 Å². The van der Waals surface area contributed by atoms with E-state index < -0.39 is 15.9 Å². The van der Waals surface area contributed by atoms with Crippen LogP contribution in [0.25, 0.3) is 0 Å². The minimum atomic E-state index is -3.96. The quantitative estimate of drug-likeness (QED) is 0.781. The monoisotopic (exact) mass is 398 g/mol. The molecule has 0 aliphatic rings. The Morgan fingerprint density at radius 2 is 1.96 bits per heavy atom. The third kappa shape index (κ3) is 4.02. The topological polar surface area (TPSA) is 98.5 Å². The van der Waals surface area contributed by atoms with Crippen molar-refractivity contribution >= 4 is 37.5 Å². The van der Waals surface area contributed by atoms with E-state index in [-0.39, 0.29) is 21.9 Å². The molecule has 0 saturated carbocycles. The molecule has 3 N–H and O–H groups in total. The van der Waals surface area contributed by atoms with Crippen molar-refractivity contribution in [1.82, 2.24) is 0 Å². The van der Waals surface area contributed by atoms with Crippen molar-refractivity contribution in [2.75, 3.05) is 11.3 Å². The van der Waals surface area contributed by atoms with Crippen molar-refractivity contribution in [2.24, 2.45) is 5.73 Å². The van der Waals surface area contributed by atoms with Gasteiger partial charge in [-0.25, -0.2) is 8.42 Å². The van der Waals surface area contributed by atoms with E-state index in [1.807, 2.05) is 0 Å². The predicted molar refractivity (Wildman–Crippen MR) is 91.1 cm³/mol. The summed E-state index contributed by atoms with van der Waals surface area (Å²) in [6.45, 7) is 2.08. The number of carbonyl (C=O) groups excluding carboxylic acids is 1. The number of hydrogen-bond donors (Lipinski definition) is 2. The zero-order valence-corrected chi connectivity index (χ0v) is 14.6. The van der Waals surface area contributed by atoms with E-state index in [4.69, 9.17) is 10.5 Å². The van der Waals surface area contributed by atoms with Gasteiger partial charge in [0.05, 0.1) is 17.9 Å². The van der Waals surface area contributed by atoms with Gasteiger partial charge in [0.1, 0.15) is 10.6 Å². The van der Waals surface area contributed by atoms with Gasteiger partial charge >= 0.3 is 0 Å². The third-order valence-electron chi connectivity index (χ3n) is 2.93. The molecule has 0 spiro atoms. The van der Waals surface area contributed by atoms with Crippen molar-refractivity contribution < 1.29 is 17.9 Å². The highest BCUT2D eigenvalue weighted by Gasteiger charge is 2.22. The van der Waals surface area contributed by atoms with E-state index in [0.29, 0.717) is 11.1 Å². The lowest BCUT2D eigenvalue weighted by molar-refractivity contribution is 0.100. The van der Waals surface area contributed by atoms with Crippen LogP contribution >= 0.6 is 15.9 Å². The molecule has 0 radical (unpaired) electrons. The highest BCUT2D eigenvalue weighted by molar-refractivity contribution is 9.10. The normalized spacial score (nSPS) is 11.0. The lowest BCUT2D eigenvalue weighted by Crippen LogP contribution is -2.19. The van der Waals surface area contributed by atoms with Crippen molar-refractivity contribution in [3.8, 4) is 5.75 Å². The zero-order chi connectivity index (χ0) is 17.0. The summed E-state index contributed by atoms with van der Waals surface area (Å²) in [4.78, 5) is 11.4. The Morgan fingerprint density at radius 3 is 2.61 bits per heavy atom. The Balaban J connectivity index is 2.48. The Bertz CT molecular complexity index is 837. The molecule has 0 heterocycles. The Morgan fingerprint density at radius 1 is 1.26 bits per heavy atom. The number of hydrogen-bond acceptors (Lipinski definition) is 4. The van der Waals surface area contributed by atoms with Crippen LogP contribution in [-0.2, 0) is 10.0 Å². The van der Waals surface area contributed by atoms with Gasteiger partial charge in [0, 0.05) is 4.47 Å². The van der Waals surface area contributed by atoms with E-state index in [9.17, 15) is 13.2 Å².